The molecular weight excluding hydrogens is 248 g/mol. The van der Waals surface area contributed by atoms with Gasteiger partial charge in [0.05, 0.1) is 12.7 Å². The molecule has 1 aromatic carbocycles. The lowest BCUT2D eigenvalue weighted by molar-refractivity contribution is -0.114. The monoisotopic (exact) mass is 268 g/mol. The summed E-state index contributed by atoms with van der Waals surface area (Å²) in [7, 11) is 0. The molecule has 20 heavy (non-hydrogen) atoms. The molecule has 4 rings (SSSR count). The number of rotatable bonds is 1. The molecule has 2 aliphatic carbocycles. The molecule has 1 aromatic rings. The van der Waals surface area contributed by atoms with Crippen LogP contribution in [0.5, 0.6) is 0 Å². The molecule has 0 radical (unpaired) electrons. The maximum absolute atomic E-state index is 12.5. The third-order valence-corrected chi connectivity index (χ3v) is 5.24. The van der Waals surface area contributed by atoms with Gasteiger partial charge in [0.1, 0.15) is 0 Å². The van der Waals surface area contributed by atoms with Crippen LogP contribution in [0.1, 0.15) is 37.7 Å². The van der Waals surface area contributed by atoms with Crippen LogP contribution in [0.4, 0.5) is 0 Å². The molecule has 3 atom stereocenters. The highest BCUT2D eigenvalue weighted by molar-refractivity contribution is 6.24. The summed E-state index contributed by atoms with van der Waals surface area (Å²) in [5, 5.41) is 0. The highest BCUT2D eigenvalue weighted by Gasteiger charge is 2.44. The quantitative estimate of drug-likeness (QED) is 0.777. The van der Waals surface area contributed by atoms with Crippen LogP contribution in [0.15, 0.2) is 35.9 Å². The van der Waals surface area contributed by atoms with Crippen LogP contribution in [0.2, 0.25) is 0 Å². The summed E-state index contributed by atoms with van der Waals surface area (Å²) in [6.45, 7) is 0.668. The molecule has 0 aromatic heterocycles. The lowest BCUT2D eigenvalue weighted by atomic mass is 9.73. The topological polar surface area (TPSA) is 26.3 Å². The van der Waals surface area contributed by atoms with E-state index in [9.17, 15) is 4.79 Å². The second-order valence-electron chi connectivity index (χ2n) is 6.30. The molecule has 104 valence electrons. The Morgan fingerprint density at radius 1 is 1.05 bits per heavy atom. The van der Waals surface area contributed by atoms with Crippen molar-refractivity contribution in [3.05, 3.63) is 41.5 Å². The highest BCUT2D eigenvalue weighted by Crippen LogP contribution is 2.48. The van der Waals surface area contributed by atoms with Crippen LogP contribution in [-0.2, 0) is 9.53 Å². The van der Waals surface area contributed by atoms with E-state index >= 15 is 0 Å². The average Bonchev–Trinajstić information content (AvgIpc) is 2.84. The van der Waals surface area contributed by atoms with E-state index in [1.807, 2.05) is 18.2 Å². The first kappa shape index (κ1) is 12.3. The fourth-order valence-electron chi connectivity index (χ4n) is 4.32. The molecule has 0 N–H and O–H groups in total. The van der Waals surface area contributed by atoms with Gasteiger partial charge in [-0.1, -0.05) is 43.2 Å². The smallest absolute Gasteiger partial charge is 0.164 e. The molecule has 3 aliphatic rings. The Bertz CT molecular complexity index is 558. The summed E-state index contributed by atoms with van der Waals surface area (Å²) in [5.74, 6) is 1.36. The zero-order chi connectivity index (χ0) is 13.5. The highest BCUT2D eigenvalue weighted by atomic mass is 16.5. The summed E-state index contributed by atoms with van der Waals surface area (Å²) < 4.78 is 6.09. The normalized spacial score (nSPS) is 33.0. The number of carbonyl (C=O) groups is 1. The molecule has 1 saturated carbocycles. The SMILES string of the molecule is O=C1CC2C(=C1c1ccccc1)COC1CCCCC12. The first-order valence-corrected chi connectivity index (χ1v) is 7.78. The Morgan fingerprint density at radius 2 is 1.85 bits per heavy atom. The fraction of sp³-hybridized carbons (Fsp3) is 0.500. The summed E-state index contributed by atoms with van der Waals surface area (Å²) in [4.78, 5) is 12.5. The zero-order valence-corrected chi connectivity index (χ0v) is 11.7. The molecule has 2 nitrogen and oxygen atoms in total. The molecule has 0 spiro atoms. The van der Waals surface area contributed by atoms with Gasteiger partial charge in [0.25, 0.3) is 0 Å². The lowest BCUT2D eigenvalue weighted by Crippen LogP contribution is -2.39. The molecule has 3 unspecified atom stereocenters. The third kappa shape index (κ3) is 1.86. The predicted octanol–water partition coefficient (Wildman–Crippen LogP) is 3.62. The summed E-state index contributed by atoms with van der Waals surface area (Å²) in [5.41, 5.74) is 3.32. The van der Waals surface area contributed by atoms with Gasteiger partial charge in [-0.15, -0.1) is 0 Å². The van der Waals surface area contributed by atoms with E-state index in [2.05, 4.69) is 12.1 Å². The molecule has 0 amide bonds. The first-order chi connectivity index (χ1) is 9.84. The van der Waals surface area contributed by atoms with Gasteiger partial charge >= 0.3 is 0 Å². The van der Waals surface area contributed by atoms with Crippen LogP contribution in [-0.4, -0.2) is 18.5 Å². The van der Waals surface area contributed by atoms with Crippen molar-refractivity contribution in [1.29, 1.82) is 0 Å². The van der Waals surface area contributed by atoms with Crippen molar-refractivity contribution in [2.75, 3.05) is 6.61 Å². The van der Waals surface area contributed by atoms with Crippen LogP contribution in [0, 0.1) is 11.8 Å². The number of benzene rings is 1. The Balaban J connectivity index is 1.74. The van der Waals surface area contributed by atoms with E-state index in [4.69, 9.17) is 4.74 Å². The summed E-state index contributed by atoms with van der Waals surface area (Å²) in [6.07, 6.45) is 6.11. The number of ether oxygens (including phenoxy) is 1. The van der Waals surface area contributed by atoms with Gasteiger partial charge < -0.3 is 4.74 Å². The number of hydrogen-bond donors (Lipinski definition) is 0. The van der Waals surface area contributed by atoms with E-state index in [-0.39, 0.29) is 0 Å². The largest absolute Gasteiger partial charge is 0.374 e. The van der Waals surface area contributed by atoms with Gasteiger partial charge in [-0.25, -0.2) is 0 Å². The zero-order valence-electron chi connectivity index (χ0n) is 11.7. The standard InChI is InChI=1S/C18H20O2/c19-16-10-14-13-8-4-5-9-17(13)20-11-15(14)18(16)12-6-2-1-3-7-12/h1-3,6-7,13-14,17H,4-5,8-11H2. The van der Waals surface area contributed by atoms with Crippen molar-refractivity contribution in [1.82, 2.24) is 0 Å². The van der Waals surface area contributed by atoms with Crippen molar-refractivity contribution in [2.24, 2.45) is 11.8 Å². The van der Waals surface area contributed by atoms with Gasteiger partial charge in [-0.05, 0) is 35.8 Å². The van der Waals surface area contributed by atoms with Crippen molar-refractivity contribution in [3.8, 4) is 0 Å². The molecule has 0 bridgehead atoms. The minimum Gasteiger partial charge on any atom is -0.374 e. The van der Waals surface area contributed by atoms with Gasteiger partial charge in [-0.2, -0.15) is 0 Å². The summed E-state index contributed by atoms with van der Waals surface area (Å²) in [6, 6.07) is 10.1. The van der Waals surface area contributed by atoms with E-state index in [0.29, 0.717) is 36.8 Å². The van der Waals surface area contributed by atoms with Crippen molar-refractivity contribution >= 4 is 11.4 Å². The lowest BCUT2D eigenvalue weighted by Gasteiger charge is -2.40. The van der Waals surface area contributed by atoms with Crippen LogP contribution < -0.4 is 0 Å². The van der Waals surface area contributed by atoms with Crippen molar-refractivity contribution in [2.45, 2.75) is 38.2 Å². The van der Waals surface area contributed by atoms with E-state index < -0.39 is 0 Å². The Hall–Kier alpha value is -1.41. The Kier molecular flexibility index (Phi) is 2.99. The number of allylic oxidation sites excluding steroid dienone is 1. The van der Waals surface area contributed by atoms with Gasteiger partial charge in [0.15, 0.2) is 5.78 Å². The number of fused-ring (bicyclic) bond motifs is 3. The average molecular weight is 268 g/mol. The molecule has 1 saturated heterocycles. The predicted molar refractivity (Wildman–Crippen MR) is 78.2 cm³/mol. The van der Waals surface area contributed by atoms with Crippen LogP contribution in [0.25, 0.3) is 5.57 Å². The van der Waals surface area contributed by atoms with Gasteiger partial charge in [0, 0.05) is 12.0 Å². The molecular formula is C18H20O2. The molecule has 2 heteroatoms. The molecule has 1 aliphatic heterocycles. The second-order valence-corrected chi connectivity index (χ2v) is 6.30. The van der Waals surface area contributed by atoms with Crippen molar-refractivity contribution < 1.29 is 9.53 Å². The van der Waals surface area contributed by atoms with Crippen LogP contribution >= 0.6 is 0 Å². The second kappa shape index (κ2) is 4.85. The van der Waals surface area contributed by atoms with Crippen LogP contribution in [0.3, 0.4) is 0 Å². The maximum Gasteiger partial charge on any atom is 0.164 e. The number of Topliss-reactive ketones (excluding diaryl/α,β-unsaturated/α-hetero) is 1. The van der Waals surface area contributed by atoms with E-state index in [1.165, 1.54) is 31.3 Å². The van der Waals surface area contributed by atoms with E-state index in [1.54, 1.807) is 0 Å². The molecule has 1 heterocycles. The Labute approximate surface area is 119 Å². The number of carbonyl (C=O) groups excluding carboxylic acids is 1. The Morgan fingerprint density at radius 3 is 2.70 bits per heavy atom. The van der Waals surface area contributed by atoms with Crippen molar-refractivity contribution in [3.63, 3.8) is 0 Å². The fourth-order valence-corrected chi connectivity index (χ4v) is 4.32. The van der Waals surface area contributed by atoms with Gasteiger partial charge in [-0.3, -0.25) is 4.79 Å². The van der Waals surface area contributed by atoms with Gasteiger partial charge in [0.2, 0.25) is 0 Å². The minimum atomic E-state index is 0.325. The number of hydrogen-bond acceptors (Lipinski definition) is 2. The van der Waals surface area contributed by atoms with E-state index in [0.717, 1.165) is 11.1 Å². The number of ketones is 1. The maximum atomic E-state index is 12.5. The summed E-state index contributed by atoms with van der Waals surface area (Å²) >= 11 is 0. The molecule has 2 fully saturated rings. The first-order valence-electron chi connectivity index (χ1n) is 7.78. The third-order valence-electron chi connectivity index (χ3n) is 5.24. The minimum absolute atomic E-state index is 0.325.